The fourth-order valence-corrected chi connectivity index (χ4v) is 1.92. The highest BCUT2D eigenvalue weighted by atomic mass is 19.4. The lowest BCUT2D eigenvalue weighted by atomic mass is 10.0. The van der Waals surface area contributed by atoms with Gasteiger partial charge in [-0.3, -0.25) is 0 Å². The second kappa shape index (κ2) is 8.07. The number of nitrogens with zero attached hydrogens (tertiary/aromatic N) is 1. The van der Waals surface area contributed by atoms with Gasteiger partial charge in [0, 0.05) is 6.07 Å². The van der Waals surface area contributed by atoms with Gasteiger partial charge in [-0.25, -0.2) is 5.84 Å². The van der Waals surface area contributed by atoms with E-state index in [-0.39, 0.29) is 11.7 Å². The predicted octanol–water partition coefficient (Wildman–Crippen LogP) is 3.98. The van der Waals surface area contributed by atoms with Crippen LogP contribution >= 0.6 is 0 Å². The normalized spacial score (nSPS) is 13.0. The largest absolute Gasteiger partial charge is 0.477 e. The standard InChI is InChI=1S/C14H22F3N3O/c1-3-5-6-10(4-2)9-21-13-8-11(14(15,16)17)7-12(19-13)20-18/h7-8,10H,3-6,9,18H2,1-2H3,(H,19,20). The lowest BCUT2D eigenvalue weighted by molar-refractivity contribution is -0.137. The van der Waals surface area contributed by atoms with Crippen LogP contribution in [-0.2, 0) is 6.18 Å². The number of rotatable bonds is 8. The molecule has 21 heavy (non-hydrogen) atoms. The van der Waals surface area contributed by atoms with Crippen LogP contribution in [0.15, 0.2) is 12.1 Å². The summed E-state index contributed by atoms with van der Waals surface area (Å²) < 4.78 is 43.7. The number of nitrogens with one attached hydrogen (secondary N) is 1. The van der Waals surface area contributed by atoms with Crippen LogP contribution in [0, 0.1) is 5.92 Å². The molecule has 1 atom stereocenters. The van der Waals surface area contributed by atoms with Gasteiger partial charge in [-0.05, 0) is 18.4 Å². The Morgan fingerprint density at radius 3 is 2.57 bits per heavy atom. The van der Waals surface area contributed by atoms with Gasteiger partial charge in [0.25, 0.3) is 0 Å². The molecule has 0 saturated heterocycles. The molecule has 4 nitrogen and oxygen atoms in total. The molecule has 120 valence electrons. The van der Waals surface area contributed by atoms with Crippen LogP contribution in [0.3, 0.4) is 0 Å². The molecule has 0 aliphatic carbocycles. The Balaban J connectivity index is 2.78. The van der Waals surface area contributed by atoms with E-state index in [0.717, 1.165) is 37.8 Å². The molecule has 3 N–H and O–H groups in total. The molecular formula is C14H22F3N3O. The smallest absolute Gasteiger partial charge is 0.416 e. The number of hydrogen-bond donors (Lipinski definition) is 2. The molecular weight excluding hydrogens is 283 g/mol. The highest BCUT2D eigenvalue weighted by molar-refractivity contribution is 5.41. The van der Waals surface area contributed by atoms with Gasteiger partial charge in [0.15, 0.2) is 0 Å². The average molecular weight is 305 g/mol. The molecule has 0 aromatic carbocycles. The van der Waals surface area contributed by atoms with Crippen molar-refractivity contribution in [1.29, 1.82) is 0 Å². The number of hydrogen-bond acceptors (Lipinski definition) is 4. The molecule has 0 saturated carbocycles. The topological polar surface area (TPSA) is 60.2 Å². The van der Waals surface area contributed by atoms with Gasteiger partial charge < -0.3 is 10.2 Å². The zero-order chi connectivity index (χ0) is 15.9. The fourth-order valence-electron chi connectivity index (χ4n) is 1.92. The third-order valence-corrected chi connectivity index (χ3v) is 3.29. The summed E-state index contributed by atoms with van der Waals surface area (Å²) in [5, 5.41) is 0. The number of hydrazine groups is 1. The molecule has 0 aliphatic heterocycles. The molecule has 0 spiro atoms. The lowest BCUT2D eigenvalue weighted by Crippen LogP contribution is -2.15. The molecule has 1 rings (SSSR count). The van der Waals surface area contributed by atoms with Crippen molar-refractivity contribution in [3.05, 3.63) is 17.7 Å². The first-order valence-electron chi connectivity index (χ1n) is 7.09. The molecule has 1 unspecified atom stereocenters. The van der Waals surface area contributed by atoms with E-state index in [2.05, 4.69) is 17.3 Å². The maximum Gasteiger partial charge on any atom is 0.416 e. The Morgan fingerprint density at radius 2 is 2.05 bits per heavy atom. The molecule has 0 fully saturated rings. The molecule has 0 amide bonds. The van der Waals surface area contributed by atoms with Crippen molar-refractivity contribution in [2.45, 2.75) is 45.7 Å². The van der Waals surface area contributed by atoms with E-state index in [4.69, 9.17) is 10.6 Å². The number of nitrogen functional groups attached to an aromatic ring is 1. The fraction of sp³-hybridized carbons (Fsp3) is 0.643. The lowest BCUT2D eigenvalue weighted by Gasteiger charge is -2.16. The van der Waals surface area contributed by atoms with E-state index in [1.165, 1.54) is 0 Å². The number of ether oxygens (including phenoxy) is 1. The minimum Gasteiger partial charge on any atom is -0.477 e. The third-order valence-electron chi connectivity index (χ3n) is 3.29. The summed E-state index contributed by atoms with van der Waals surface area (Å²) in [5.41, 5.74) is 1.29. The van der Waals surface area contributed by atoms with Crippen LogP contribution in [0.25, 0.3) is 0 Å². The quantitative estimate of drug-likeness (QED) is 0.563. The monoisotopic (exact) mass is 305 g/mol. The first-order chi connectivity index (χ1) is 9.90. The summed E-state index contributed by atoms with van der Waals surface area (Å²) in [5.74, 6) is 5.33. The van der Waals surface area contributed by atoms with Crippen molar-refractivity contribution in [1.82, 2.24) is 4.98 Å². The van der Waals surface area contributed by atoms with Crippen LogP contribution in [0.4, 0.5) is 19.0 Å². The Morgan fingerprint density at radius 1 is 1.33 bits per heavy atom. The van der Waals surface area contributed by atoms with Gasteiger partial charge in [-0.2, -0.15) is 18.2 Å². The molecule has 1 heterocycles. The summed E-state index contributed by atoms with van der Waals surface area (Å²) >= 11 is 0. The summed E-state index contributed by atoms with van der Waals surface area (Å²) in [6.45, 7) is 4.49. The van der Waals surface area contributed by atoms with Gasteiger partial charge in [-0.15, -0.1) is 0 Å². The van der Waals surface area contributed by atoms with E-state index in [9.17, 15) is 13.2 Å². The van der Waals surface area contributed by atoms with Crippen LogP contribution in [0.2, 0.25) is 0 Å². The van der Waals surface area contributed by atoms with Crippen LogP contribution in [-0.4, -0.2) is 11.6 Å². The molecule has 7 heteroatoms. The number of pyridine rings is 1. The minimum absolute atomic E-state index is 0.0623. The number of unbranched alkanes of at least 4 members (excludes halogenated alkanes) is 1. The average Bonchev–Trinajstić information content (AvgIpc) is 2.46. The van der Waals surface area contributed by atoms with E-state index in [1.807, 2.05) is 6.92 Å². The summed E-state index contributed by atoms with van der Waals surface area (Å²) in [7, 11) is 0. The number of anilines is 1. The highest BCUT2D eigenvalue weighted by Gasteiger charge is 2.32. The first kappa shape index (κ1) is 17.6. The zero-order valence-electron chi connectivity index (χ0n) is 12.3. The number of aromatic nitrogens is 1. The Hall–Kier alpha value is -1.50. The Kier molecular flexibility index (Phi) is 6.74. The predicted molar refractivity (Wildman–Crippen MR) is 75.9 cm³/mol. The van der Waals surface area contributed by atoms with Crippen LogP contribution in [0.1, 0.15) is 45.1 Å². The molecule has 0 bridgehead atoms. The van der Waals surface area contributed by atoms with Crippen molar-refractivity contribution in [2.75, 3.05) is 12.0 Å². The van der Waals surface area contributed by atoms with E-state index >= 15 is 0 Å². The second-order valence-corrected chi connectivity index (χ2v) is 4.95. The molecule has 1 aromatic rings. The summed E-state index contributed by atoms with van der Waals surface area (Å²) in [6, 6.07) is 1.74. The van der Waals surface area contributed by atoms with Crippen molar-refractivity contribution in [3.63, 3.8) is 0 Å². The van der Waals surface area contributed by atoms with Gasteiger partial charge >= 0.3 is 6.18 Å². The van der Waals surface area contributed by atoms with Crippen LogP contribution < -0.4 is 16.0 Å². The number of halogens is 3. The van der Waals surface area contributed by atoms with Gasteiger partial charge in [0.1, 0.15) is 5.82 Å². The van der Waals surface area contributed by atoms with Gasteiger partial charge in [-0.1, -0.05) is 33.1 Å². The third kappa shape index (κ3) is 5.79. The van der Waals surface area contributed by atoms with Crippen molar-refractivity contribution in [3.8, 4) is 5.88 Å². The van der Waals surface area contributed by atoms with Crippen LogP contribution in [0.5, 0.6) is 5.88 Å². The van der Waals surface area contributed by atoms with E-state index < -0.39 is 11.7 Å². The van der Waals surface area contributed by atoms with Gasteiger partial charge in [0.05, 0.1) is 12.2 Å². The maximum absolute atomic E-state index is 12.8. The molecule has 0 aliphatic rings. The number of nitrogens with two attached hydrogens (primary N) is 1. The molecule has 1 aromatic heterocycles. The van der Waals surface area contributed by atoms with Crippen molar-refractivity contribution in [2.24, 2.45) is 11.8 Å². The number of alkyl halides is 3. The van der Waals surface area contributed by atoms with Gasteiger partial charge in [0.2, 0.25) is 5.88 Å². The first-order valence-corrected chi connectivity index (χ1v) is 7.09. The van der Waals surface area contributed by atoms with Crippen molar-refractivity contribution >= 4 is 5.82 Å². The Labute approximate surface area is 122 Å². The summed E-state index contributed by atoms with van der Waals surface area (Å²) in [4.78, 5) is 3.89. The second-order valence-electron chi connectivity index (χ2n) is 4.95. The SMILES string of the molecule is CCCCC(CC)COc1cc(C(F)(F)F)cc(NN)n1. The maximum atomic E-state index is 12.8. The minimum atomic E-state index is -4.46. The Bertz CT molecular complexity index is 438. The highest BCUT2D eigenvalue weighted by Crippen LogP contribution is 2.32. The van der Waals surface area contributed by atoms with E-state index in [0.29, 0.717) is 12.5 Å². The molecule has 0 radical (unpaired) electrons. The summed E-state index contributed by atoms with van der Waals surface area (Å²) in [6.07, 6.45) is -0.388. The van der Waals surface area contributed by atoms with E-state index in [1.54, 1.807) is 0 Å². The van der Waals surface area contributed by atoms with Crippen molar-refractivity contribution < 1.29 is 17.9 Å². The zero-order valence-corrected chi connectivity index (χ0v) is 12.3.